The summed E-state index contributed by atoms with van der Waals surface area (Å²) in [5, 5.41) is 3.38. The zero-order valence-electron chi connectivity index (χ0n) is 20.0. The van der Waals surface area contributed by atoms with Crippen LogP contribution in [-0.2, 0) is 26.2 Å². The maximum absolute atomic E-state index is 13.6. The Kier molecular flexibility index (Phi) is 9.56. The fourth-order valence-corrected chi connectivity index (χ4v) is 4.71. The third-order valence-electron chi connectivity index (χ3n) is 4.98. The van der Waals surface area contributed by atoms with Gasteiger partial charge in [-0.05, 0) is 63.1 Å². The highest BCUT2D eigenvalue weighted by molar-refractivity contribution is 9.10. The third-order valence-corrected chi connectivity index (χ3v) is 7.01. The Hall–Kier alpha value is -2.10. The molecule has 186 valence electrons. The molecule has 0 aliphatic heterocycles. The van der Waals surface area contributed by atoms with E-state index in [4.69, 9.17) is 11.6 Å². The summed E-state index contributed by atoms with van der Waals surface area (Å²) < 4.78 is 27.0. The van der Waals surface area contributed by atoms with Crippen LogP contribution in [0.2, 0.25) is 5.02 Å². The number of amides is 2. The third kappa shape index (κ3) is 7.99. The molecule has 0 spiro atoms. The van der Waals surface area contributed by atoms with Crippen LogP contribution in [0.15, 0.2) is 53.0 Å². The number of benzene rings is 2. The van der Waals surface area contributed by atoms with Crippen molar-refractivity contribution in [2.75, 3.05) is 17.1 Å². The summed E-state index contributed by atoms with van der Waals surface area (Å²) in [6.45, 7) is 6.99. The molecule has 1 N–H and O–H groups in total. The first-order valence-corrected chi connectivity index (χ1v) is 13.8. The van der Waals surface area contributed by atoms with Gasteiger partial charge in [0, 0.05) is 21.6 Å². The van der Waals surface area contributed by atoms with E-state index in [0.717, 1.165) is 15.0 Å². The van der Waals surface area contributed by atoms with Gasteiger partial charge in [-0.15, -0.1) is 0 Å². The van der Waals surface area contributed by atoms with Crippen LogP contribution in [0.1, 0.15) is 39.7 Å². The number of carbonyl (C=O) groups excluding carboxylic acids is 2. The Morgan fingerprint density at radius 3 is 2.18 bits per heavy atom. The van der Waals surface area contributed by atoms with Crippen molar-refractivity contribution in [3.8, 4) is 0 Å². The van der Waals surface area contributed by atoms with E-state index >= 15 is 0 Å². The number of sulfonamides is 1. The van der Waals surface area contributed by atoms with Gasteiger partial charge in [0.25, 0.3) is 0 Å². The predicted molar refractivity (Wildman–Crippen MR) is 140 cm³/mol. The summed E-state index contributed by atoms with van der Waals surface area (Å²) in [6, 6.07) is 12.9. The average Bonchev–Trinajstić information content (AvgIpc) is 2.71. The number of hydrogen-bond acceptors (Lipinski definition) is 4. The first-order valence-electron chi connectivity index (χ1n) is 10.8. The smallest absolute Gasteiger partial charge is 0.244 e. The number of nitrogens with zero attached hydrogens (tertiary/aromatic N) is 2. The highest BCUT2D eigenvalue weighted by Gasteiger charge is 2.33. The highest BCUT2D eigenvalue weighted by atomic mass is 79.9. The minimum Gasteiger partial charge on any atom is -0.350 e. The fourth-order valence-electron chi connectivity index (χ4n) is 3.40. The molecule has 7 nitrogen and oxygen atoms in total. The minimum atomic E-state index is -3.78. The van der Waals surface area contributed by atoms with Crippen molar-refractivity contribution >= 4 is 55.1 Å². The van der Waals surface area contributed by atoms with Crippen LogP contribution in [0.4, 0.5) is 5.69 Å². The predicted octanol–water partition coefficient (Wildman–Crippen LogP) is 4.59. The molecule has 10 heteroatoms. The minimum absolute atomic E-state index is 0.0620. The Balaban J connectivity index is 2.46. The van der Waals surface area contributed by atoms with Gasteiger partial charge in [0.1, 0.15) is 12.6 Å². The van der Waals surface area contributed by atoms with Gasteiger partial charge in [0.2, 0.25) is 21.8 Å². The first-order chi connectivity index (χ1) is 15.7. The van der Waals surface area contributed by atoms with Crippen molar-refractivity contribution in [1.82, 2.24) is 10.2 Å². The number of anilines is 1. The van der Waals surface area contributed by atoms with Gasteiger partial charge in [0.05, 0.1) is 11.9 Å². The normalized spacial score (nSPS) is 12.7. The van der Waals surface area contributed by atoms with Gasteiger partial charge in [-0.3, -0.25) is 13.9 Å². The van der Waals surface area contributed by atoms with E-state index in [1.54, 1.807) is 48.5 Å². The van der Waals surface area contributed by atoms with Gasteiger partial charge in [-0.25, -0.2) is 8.42 Å². The molecule has 0 aliphatic carbocycles. The Morgan fingerprint density at radius 1 is 1.09 bits per heavy atom. The van der Waals surface area contributed by atoms with Gasteiger partial charge in [0.15, 0.2) is 0 Å². The molecule has 2 amide bonds. The monoisotopic (exact) mass is 571 g/mol. The zero-order chi connectivity index (χ0) is 25.7. The fraction of sp³-hybridized carbons (Fsp3) is 0.417. The van der Waals surface area contributed by atoms with Crippen LogP contribution in [0.3, 0.4) is 0 Å². The molecule has 0 bridgehead atoms. The molecule has 0 aromatic heterocycles. The van der Waals surface area contributed by atoms with Gasteiger partial charge >= 0.3 is 0 Å². The quantitative estimate of drug-likeness (QED) is 0.476. The molecule has 0 heterocycles. The second-order valence-corrected chi connectivity index (χ2v) is 12.3. The lowest BCUT2D eigenvalue weighted by atomic mass is 10.1. The number of carbonyl (C=O) groups is 2. The molecule has 0 fully saturated rings. The molecule has 2 rings (SSSR count). The van der Waals surface area contributed by atoms with Gasteiger partial charge in [-0.1, -0.05) is 52.7 Å². The van der Waals surface area contributed by atoms with Crippen molar-refractivity contribution < 1.29 is 18.0 Å². The lowest BCUT2D eigenvalue weighted by Gasteiger charge is -2.34. The van der Waals surface area contributed by atoms with Gasteiger partial charge in [-0.2, -0.15) is 0 Å². The van der Waals surface area contributed by atoms with E-state index in [1.807, 2.05) is 27.7 Å². The van der Waals surface area contributed by atoms with Crippen molar-refractivity contribution in [2.24, 2.45) is 0 Å². The number of rotatable bonds is 9. The number of nitrogens with one attached hydrogen (secondary N) is 1. The Bertz CT molecular complexity index is 1120. The van der Waals surface area contributed by atoms with E-state index in [-0.39, 0.29) is 12.5 Å². The van der Waals surface area contributed by atoms with Crippen molar-refractivity contribution in [3.05, 3.63) is 63.6 Å². The SMILES string of the molecule is CC[C@H](C(=O)NC(C)(C)C)N(Cc1ccccc1Cl)C(=O)CN(c1ccc(Br)cc1)S(C)(=O)=O. The number of hydrogen-bond donors (Lipinski definition) is 1. The van der Waals surface area contributed by atoms with E-state index in [9.17, 15) is 18.0 Å². The lowest BCUT2D eigenvalue weighted by molar-refractivity contribution is -0.141. The summed E-state index contributed by atoms with van der Waals surface area (Å²) in [6.07, 6.45) is 1.39. The summed E-state index contributed by atoms with van der Waals surface area (Å²) in [7, 11) is -3.78. The molecule has 2 aromatic rings. The molecule has 0 saturated heterocycles. The zero-order valence-corrected chi connectivity index (χ0v) is 23.2. The molecule has 0 saturated carbocycles. The molecule has 1 atom stereocenters. The lowest BCUT2D eigenvalue weighted by Crippen LogP contribution is -2.55. The second kappa shape index (κ2) is 11.6. The maximum atomic E-state index is 13.6. The summed E-state index contributed by atoms with van der Waals surface area (Å²) in [5.74, 6) is -0.825. The molecule has 0 aliphatic rings. The van der Waals surface area contributed by atoms with Crippen LogP contribution in [-0.4, -0.2) is 49.5 Å². The highest BCUT2D eigenvalue weighted by Crippen LogP contribution is 2.23. The molecule has 34 heavy (non-hydrogen) atoms. The van der Waals surface area contributed by atoms with E-state index < -0.39 is 34.1 Å². The summed E-state index contributed by atoms with van der Waals surface area (Å²) in [4.78, 5) is 28.1. The standard InChI is InChI=1S/C24H31BrClN3O4S/c1-6-21(23(31)27-24(2,3)4)28(15-17-9-7-8-10-20(17)26)22(30)16-29(34(5,32)33)19-13-11-18(25)12-14-19/h7-14,21H,6,15-16H2,1-5H3,(H,27,31)/t21-/m1/s1. The molecule has 0 radical (unpaired) electrons. The maximum Gasteiger partial charge on any atom is 0.244 e. The molecular formula is C24H31BrClN3O4S. The van der Waals surface area contributed by atoms with Crippen molar-refractivity contribution in [2.45, 2.75) is 52.2 Å². The Morgan fingerprint density at radius 2 is 1.68 bits per heavy atom. The van der Waals surface area contributed by atoms with Crippen LogP contribution in [0, 0.1) is 0 Å². The summed E-state index contributed by atoms with van der Waals surface area (Å²) in [5.41, 5.74) is 0.512. The van der Waals surface area contributed by atoms with Crippen molar-refractivity contribution in [1.29, 1.82) is 0 Å². The average molecular weight is 573 g/mol. The van der Waals surface area contributed by atoms with E-state index in [1.165, 1.54) is 4.90 Å². The largest absolute Gasteiger partial charge is 0.350 e. The van der Waals surface area contributed by atoms with Crippen LogP contribution in [0.25, 0.3) is 0 Å². The first kappa shape index (κ1) is 28.1. The van der Waals surface area contributed by atoms with Gasteiger partial charge < -0.3 is 10.2 Å². The molecule has 2 aromatic carbocycles. The second-order valence-electron chi connectivity index (χ2n) is 9.02. The topological polar surface area (TPSA) is 86.8 Å². The van der Waals surface area contributed by atoms with E-state index in [0.29, 0.717) is 22.7 Å². The summed E-state index contributed by atoms with van der Waals surface area (Å²) >= 11 is 9.68. The molecular weight excluding hydrogens is 542 g/mol. The number of halogens is 2. The molecule has 0 unspecified atom stereocenters. The van der Waals surface area contributed by atoms with Crippen LogP contribution in [0.5, 0.6) is 0 Å². The van der Waals surface area contributed by atoms with Crippen LogP contribution >= 0.6 is 27.5 Å². The van der Waals surface area contributed by atoms with E-state index in [2.05, 4.69) is 21.2 Å². The van der Waals surface area contributed by atoms with Crippen molar-refractivity contribution in [3.63, 3.8) is 0 Å². The van der Waals surface area contributed by atoms with Crippen LogP contribution < -0.4 is 9.62 Å². The Labute approximate surface area is 215 Å².